The van der Waals surface area contributed by atoms with Crippen LogP contribution < -0.4 is 4.74 Å². The molecule has 0 bridgehead atoms. The van der Waals surface area contributed by atoms with E-state index in [1.807, 2.05) is 17.0 Å². The van der Waals surface area contributed by atoms with Crippen LogP contribution in [-0.4, -0.2) is 51.1 Å². The molecule has 0 saturated carbocycles. The molecule has 1 aromatic carbocycles. The Labute approximate surface area is 156 Å². The molecule has 0 spiro atoms. The van der Waals surface area contributed by atoms with Crippen LogP contribution in [0.3, 0.4) is 0 Å². The molecule has 0 radical (unpaired) electrons. The molecule has 4 rings (SSSR count). The van der Waals surface area contributed by atoms with Crippen LogP contribution in [0.15, 0.2) is 47.4 Å². The number of hydrogen-bond donors (Lipinski definition) is 0. The lowest BCUT2D eigenvalue weighted by atomic mass is 9.96. The standard InChI is InChI=1S/C19H19N5O3/c1-26-16-7-3-2-6-14(16)19(25)24-10-4-5-13(12-24)17-22-18(27-23-17)15-11-20-8-9-21-15/h2-3,6-9,11,13H,4-5,10,12H2,1H3/t13-/m0/s1. The second kappa shape index (κ2) is 7.53. The summed E-state index contributed by atoms with van der Waals surface area (Å²) in [7, 11) is 1.57. The number of para-hydroxylation sites is 1. The van der Waals surface area contributed by atoms with E-state index >= 15 is 0 Å². The van der Waals surface area contributed by atoms with Gasteiger partial charge in [0.25, 0.3) is 11.8 Å². The normalized spacial score (nSPS) is 16.9. The molecule has 3 heterocycles. The Morgan fingerprint density at radius 1 is 1.30 bits per heavy atom. The van der Waals surface area contributed by atoms with Crippen molar-refractivity contribution < 1.29 is 14.1 Å². The van der Waals surface area contributed by atoms with Crippen molar-refractivity contribution in [1.29, 1.82) is 0 Å². The third-order valence-corrected chi connectivity index (χ3v) is 4.64. The first kappa shape index (κ1) is 17.1. The third kappa shape index (κ3) is 3.51. The van der Waals surface area contributed by atoms with Crippen molar-refractivity contribution in [2.24, 2.45) is 0 Å². The average Bonchev–Trinajstić information content (AvgIpc) is 3.24. The maximum Gasteiger partial charge on any atom is 0.278 e. The molecule has 1 amide bonds. The van der Waals surface area contributed by atoms with E-state index in [0.717, 1.165) is 12.8 Å². The number of carbonyl (C=O) groups is 1. The van der Waals surface area contributed by atoms with Crippen LogP contribution in [0.5, 0.6) is 5.75 Å². The molecule has 2 aromatic heterocycles. The van der Waals surface area contributed by atoms with Gasteiger partial charge in [-0.25, -0.2) is 4.98 Å². The summed E-state index contributed by atoms with van der Waals surface area (Å²) >= 11 is 0. The van der Waals surface area contributed by atoms with Crippen molar-refractivity contribution >= 4 is 5.91 Å². The molecule has 27 heavy (non-hydrogen) atoms. The smallest absolute Gasteiger partial charge is 0.278 e. The van der Waals surface area contributed by atoms with Gasteiger partial charge in [-0.15, -0.1) is 0 Å². The number of piperidine rings is 1. The summed E-state index contributed by atoms with van der Waals surface area (Å²) in [5, 5.41) is 4.10. The number of carbonyl (C=O) groups excluding carboxylic acids is 1. The molecule has 1 saturated heterocycles. The van der Waals surface area contributed by atoms with Gasteiger partial charge in [0.2, 0.25) is 0 Å². The van der Waals surface area contributed by atoms with Crippen molar-refractivity contribution in [3.63, 3.8) is 0 Å². The van der Waals surface area contributed by atoms with E-state index in [0.29, 0.717) is 41.8 Å². The van der Waals surface area contributed by atoms with E-state index < -0.39 is 0 Å². The summed E-state index contributed by atoms with van der Waals surface area (Å²) in [6, 6.07) is 7.26. The van der Waals surface area contributed by atoms with Crippen molar-refractivity contribution in [3.05, 3.63) is 54.2 Å². The predicted octanol–water partition coefficient (Wildman–Crippen LogP) is 2.56. The molecule has 1 aliphatic rings. The molecule has 1 aliphatic heterocycles. The molecule has 8 heteroatoms. The summed E-state index contributed by atoms with van der Waals surface area (Å²) in [5.41, 5.74) is 1.10. The van der Waals surface area contributed by atoms with E-state index in [4.69, 9.17) is 9.26 Å². The summed E-state index contributed by atoms with van der Waals surface area (Å²) in [4.78, 5) is 27.4. The average molecular weight is 365 g/mol. The Kier molecular flexibility index (Phi) is 4.78. The fourth-order valence-corrected chi connectivity index (χ4v) is 3.28. The number of benzene rings is 1. The van der Waals surface area contributed by atoms with Gasteiger partial charge < -0.3 is 14.2 Å². The third-order valence-electron chi connectivity index (χ3n) is 4.64. The van der Waals surface area contributed by atoms with E-state index in [1.54, 1.807) is 37.8 Å². The van der Waals surface area contributed by atoms with Crippen molar-refractivity contribution in [3.8, 4) is 17.3 Å². The zero-order valence-electron chi connectivity index (χ0n) is 14.9. The Morgan fingerprint density at radius 3 is 3.00 bits per heavy atom. The molecular weight excluding hydrogens is 346 g/mol. The number of ether oxygens (including phenoxy) is 1. The number of methoxy groups -OCH3 is 1. The molecule has 8 nitrogen and oxygen atoms in total. The predicted molar refractivity (Wildman–Crippen MR) is 96.2 cm³/mol. The van der Waals surface area contributed by atoms with Crippen LogP contribution >= 0.6 is 0 Å². The molecular formula is C19H19N5O3. The van der Waals surface area contributed by atoms with Crippen LogP contribution in [0, 0.1) is 0 Å². The lowest BCUT2D eigenvalue weighted by Gasteiger charge is -2.31. The number of rotatable bonds is 4. The van der Waals surface area contributed by atoms with Crippen LogP contribution in [0.1, 0.15) is 34.9 Å². The number of amides is 1. The minimum atomic E-state index is -0.0465. The maximum atomic E-state index is 12.9. The van der Waals surface area contributed by atoms with Gasteiger partial charge in [-0.3, -0.25) is 9.78 Å². The first-order valence-electron chi connectivity index (χ1n) is 8.78. The quantitative estimate of drug-likeness (QED) is 0.701. The second-order valence-corrected chi connectivity index (χ2v) is 6.34. The molecule has 3 aromatic rings. The van der Waals surface area contributed by atoms with Crippen LogP contribution in [-0.2, 0) is 0 Å². The zero-order chi connectivity index (χ0) is 18.6. The van der Waals surface area contributed by atoms with Crippen molar-refractivity contribution in [2.45, 2.75) is 18.8 Å². The number of aromatic nitrogens is 4. The minimum Gasteiger partial charge on any atom is -0.496 e. The highest BCUT2D eigenvalue weighted by Gasteiger charge is 2.29. The van der Waals surface area contributed by atoms with Gasteiger partial charge in [0.15, 0.2) is 5.82 Å². The van der Waals surface area contributed by atoms with Gasteiger partial charge in [0.05, 0.1) is 18.9 Å². The van der Waals surface area contributed by atoms with E-state index in [1.165, 1.54) is 0 Å². The van der Waals surface area contributed by atoms with Gasteiger partial charge in [0, 0.05) is 31.4 Å². The van der Waals surface area contributed by atoms with Gasteiger partial charge in [-0.1, -0.05) is 17.3 Å². The Balaban J connectivity index is 1.52. The Morgan fingerprint density at radius 2 is 2.19 bits per heavy atom. The van der Waals surface area contributed by atoms with Crippen LogP contribution in [0.25, 0.3) is 11.6 Å². The molecule has 1 fully saturated rings. The number of hydrogen-bond acceptors (Lipinski definition) is 7. The molecule has 0 aliphatic carbocycles. The molecule has 0 N–H and O–H groups in total. The molecule has 1 atom stereocenters. The minimum absolute atomic E-state index is 0.0200. The first-order chi connectivity index (χ1) is 13.3. The van der Waals surface area contributed by atoms with E-state index in [-0.39, 0.29) is 11.8 Å². The van der Waals surface area contributed by atoms with E-state index in [9.17, 15) is 4.79 Å². The highest BCUT2D eigenvalue weighted by molar-refractivity contribution is 5.97. The van der Waals surface area contributed by atoms with Gasteiger partial charge >= 0.3 is 0 Å². The highest BCUT2D eigenvalue weighted by Crippen LogP contribution is 2.28. The first-order valence-corrected chi connectivity index (χ1v) is 8.78. The van der Waals surface area contributed by atoms with Crippen LogP contribution in [0.4, 0.5) is 0 Å². The van der Waals surface area contributed by atoms with E-state index in [2.05, 4.69) is 20.1 Å². The van der Waals surface area contributed by atoms with Gasteiger partial charge in [-0.05, 0) is 25.0 Å². The number of likely N-dealkylation sites (tertiary alicyclic amines) is 1. The molecule has 0 unspecified atom stereocenters. The summed E-state index contributed by atoms with van der Waals surface area (Å²) in [6.45, 7) is 1.23. The number of nitrogens with zero attached hydrogens (tertiary/aromatic N) is 5. The monoisotopic (exact) mass is 365 g/mol. The lowest BCUT2D eigenvalue weighted by Crippen LogP contribution is -2.39. The Hall–Kier alpha value is -3.29. The molecule has 138 valence electrons. The lowest BCUT2D eigenvalue weighted by molar-refractivity contribution is 0.0700. The van der Waals surface area contributed by atoms with Crippen molar-refractivity contribution in [1.82, 2.24) is 25.0 Å². The fourth-order valence-electron chi connectivity index (χ4n) is 3.28. The second-order valence-electron chi connectivity index (χ2n) is 6.34. The fraction of sp³-hybridized carbons (Fsp3) is 0.316. The Bertz CT molecular complexity index is 928. The highest BCUT2D eigenvalue weighted by atomic mass is 16.5. The SMILES string of the molecule is COc1ccccc1C(=O)N1CCC[C@H](c2noc(-c3cnccn3)n2)C1. The summed E-state index contributed by atoms with van der Waals surface area (Å²) < 4.78 is 10.7. The largest absolute Gasteiger partial charge is 0.496 e. The summed E-state index contributed by atoms with van der Waals surface area (Å²) in [6.07, 6.45) is 6.52. The zero-order valence-corrected chi connectivity index (χ0v) is 14.9. The van der Waals surface area contributed by atoms with Gasteiger partial charge in [-0.2, -0.15) is 4.98 Å². The maximum absolute atomic E-state index is 12.9. The van der Waals surface area contributed by atoms with Crippen molar-refractivity contribution in [2.75, 3.05) is 20.2 Å². The van der Waals surface area contributed by atoms with Gasteiger partial charge in [0.1, 0.15) is 11.4 Å². The topological polar surface area (TPSA) is 94.2 Å². The van der Waals surface area contributed by atoms with Crippen LogP contribution in [0.2, 0.25) is 0 Å². The summed E-state index contributed by atoms with van der Waals surface area (Å²) in [5.74, 6) is 1.48.